The molecule has 0 aliphatic heterocycles. The Morgan fingerprint density at radius 1 is 1.40 bits per heavy atom. The van der Waals surface area contributed by atoms with Crippen molar-refractivity contribution in [1.82, 2.24) is 9.55 Å². The Balaban J connectivity index is 1.62. The third-order valence-electron chi connectivity index (χ3n) is 4.21. The standard InChI is InChI=1S/C17H13ClFN3O2S/c18-9-4-5-11(19)12(6-9)21-14(23)7-22-8-20-16-15(17(22)24)10-2-1-3-13(10)25-16/h4-6,8H,1-3,7H2,(H,21,23). The predicted octanol–water partition coefficient (Wildman–Crippen LogP) is 3.38. The second-order valence-corrected chi connectivity index (χ2v) is 7.41. The largest absolute Gasteiger partial charge is 0.322 e. The zero-order valence-corrected chi connectivity index (χ0v) is 14.6. The maximum absolute atomic E-state index is 13.7. The third kappa shape index (κ3) is 2.94. The van der Waals surface area contributed by atoms with E-state index in [0.29, 0.717) is 15.2 Å². The van der Waals surface area contributed by atoms with E-state index in [1.54, 1.807) is 11.3 Å². The van der Waals surface area contributed by atoms with E-state index >= 15 is 0 Å². The Hall–Kier alpha value is -2.25. The number of thiophene rings is 1. The van der Waals surface area contributed by atoms with Crippen molar-refractivity contribution >= 4 is 44.7 Å². The Labute approximate surface area is 151 Å². The van der Waals surface area contributed by atoms with Gasteiger partial charge in [-0.05, 0) is 43.0 Å². The number of carbonyl (C=O) groups excluding carboxylic acids is 1. The van der Waals surface area contributed by atoms with E-state index in [1.807, 2.05) is 0 Å². The number of aryl methyl sites for hydroxylation is 2. The fourth-order valence-electron chi connectivity index (χ4n) is 3.07. The number of carbonyl (C=O) groups is 1. The Morgan fingerprint density at radius 2 is 2.24 bits per heavy atom. The van der Waals surface area contributed by atoms with Crippen LogP contribution < -0.4 is 10.9 Å². The fraction of sp³-hybridized carbons (Fsp3) is 0.235. The number of fused-ring (bicyclic) bond motifs is 3. The smallest absolute Gasteiger partial charge is 0.262 e. The summed E-state index contributed by atoms with van der Waals surface area (Å²) in [5, 5.41) is 3.36. The molecule has 2 aromatic heterocycles. The molecule has 4 rings (SSSR count). The number of rotatable bonds is 3. The quantitative estimate of drug-likeness (QED) is 0.761. The molecule has 0 saturated heterocycles. The van der Waals surface area contributed by atoms with Gasteiger partial charge in [0.2, 0.25) is 5.91 Å². The highest BCUT2D eigenvalue weighted by Gasteiger charge is 2.21. The minimum absolute atomic E-state index is 0.0176. The van der Waals surface area contributed by atoms with Crippen LogP contribution in [0.4, 0.5) is 10.1 Å². The van der Waals surface area contributed by atoms with E-state index in [0.717, 1.165) is 24.8 Å². The van der Waals surface area contributed by atoms with Crippen molar-refractivity contribution in [2.75, 3.05) is 5.32 Å². The van der Waals surface area contributed by atoms with Crippen LogP contribution in [0.3, 0.4) is 0 Å². The van der Waals surface area contributed by atoms with Gasteiger partial charge in [0.05, 0.1) is 17.4 Å². The second-order valence-electron chi connectivity index (χ2n) is 5.89. The van der Waals surface area contributed by atoms with Gasteiger partial charge >= 0.3 is 0 Å². The van der Waals surface area contributed by atoms with Crippen molar-refractivity contribution in [3.63, 3.8) is 0 Å². The normalized spacial score (nSPS) is 13.2. The fourth-order valence-corrected chi connectivity index (χ4v) is 4.46. The molecule has 0 fully saturated rings. The topological polar surface area (TPSA) is 64.0 Å². The number of anilines is 1. The summed E-state index contributed by atoms with van der Waals surface area (Å²) in [7, 11) is 0. The lowest BCUT2D eigenvalue weighted by Crippen LogP contribution is -2.28. The van der Waals surface area contributed by atoms with Crippen molar-refractivity contribution in [3.8, 4) is 0 Å². The minimum Gasteiger partial charge on any atom is -0.322 e. The molecule has 1 aliphatic carbocycles. The number of hydrogen-bond donors (Lipinski definition) is 1. The zero-order chi connectivity index (χ0) is 17.6. The molecule has 1 amide bonds. The lowest BCUT2D eigenvalue weighted by atomic mass is 10.2. The van der Waals surface area contributed by atoms with Crippen LogP contribution >= 0.6 is 22.9 Å². The molecule has 8 heteroatoms. The van der Waals surface area contributed by atoms with Crippen molar-refractivity contribution in [1.29, 1.82) is 0 Å². The van der Waals surface area contributed by atoms with Crippen LogP contribution in [0.2, 0.25) is 5.02 Å². The molecule has 0 bridgehead atoms. The molecule has 1 N–H and O–H groups in total. The molecule has 0 unspecified atom stereocenters. The SMILES string of the molecule is O=C(Cn1cnc2sc3c(c2c1=O)CCC3)Nc1cc(Cl)ccc1F. The average molecular weight is 378 g/mol. The van der Waals surface area contributed by atoms with Gasteiger partial charge in [-0.25, -0.2) is 9.37 Å². The van der Waals surface area contributed by atoms with Crippen LogP contribution in [0.1, 0.15) is 16.9 Å². The summed E-state index contributed by atoms with van der Waals surface area (Å²) >= 11 is 7.36. The van der Waals surface area contributed by atoms with Gasteiger partial charge in [0.1, 0.15) is 17.2 Å². The molecule has 1 aromatic carbocycles. The average Bonchev–Trinajstić information content (AvgIpc) is 3.14. The molecule has 0 spiro atoms. The van der Waals surface area contributed by atoms with E-state index in [4.69, 9.17) is 11.6 Å². The van der Waals surface area contributed by atoms with E-state index < -0.39 is 11.7 Å². The molecule has 3 aromatic rings. The monoisotopic (exact) mass is 377 g/mol. The zero-order valence-electron chi connectivity index (χ0n) is 13.0. The van der Waals surface area contributed by atoms with E-state index in [2.05, 4.69) is 10.3 Å². The van der Waals surface area contributed by atoms with Gasteiger partial charge < -0.3 is 5.32 Å². The van der Waals surface area contributed by atoms with Crippen LogP contribution in [-0.2, 0) is 24.2 Å². The number of benzene rings is 1. The summed E-state index contributed by atoms with van der Waals surface area (Å²) in [6, 6.07) is 3.89. The van der Waals surface area contributed by atoms with Gasteiger partial charge in [-0.15, -0.1) is 11.3 Å². The lowest BCUT2D eigenvalue weighted by molar-refractivity contribution is -0.116. The minimum atomic E-state index is -0.589. The summed E-state index contributed by atoms with van der Waals surface area (Å²) in [6.07, 6.45) is 4.25. The molecule has 1 aliphatic rings. The highest BCUT2D eigenvalue weighted by Crippen LogP contribution is 2.34. The maximum Gasteiger partial charge on any atom is 0.262 e. The number of aromatic nitrogens is 2. The van der Waals surface area contributed by atoms with Gasteiger partial charge in [0, 0.05) is 9.90 Å². The van der Waals surface area contributed by atoms with Crippen molar-refractivity contribution in [3.05, 3.63) is 56.2 Å². The lowest BCUT2D eigenvalue weighted by Gasteiger charge is -2.08. The van der Waals surface area contributed by atoms with Crippen molar-refractivity contribution in [2.24, 2.45) is 0 Å². The summed E-state index contributed by atoms with van der Waals surface area (Å²) in [5.74, 6) is -1.11. The summed E-state index contributed by atoms with van der Waals surface area (Å²) in [6.45, 7) is -0.238. The number of hydrogen-bond acceptors (Lipinski definition) is 4. The second kappa shape index (κ2) is 6.24. The Bertz CT molecular complexity index is 1060. The number of halogens is 2. The third-order valence-corrected chi connectivity index (χ3v) is 5.64. The van der Waals surface area contributed by atoms with E-state index in [-0.39, 0.29) is 17.8 Å². The van der Waals surface area contributed by atoms with Gasteiger partial charge in [0.25, 0.3) is 5.56 Å². The van der Waals surface area contributed by atoms with Gasteiger partial charge in [-0.2, -0.15) is 0 Å². The first-order valence-corrected chi connectivity index (χ1v) is 8.97. The highest BCUT2D eigenvalue weighted by atomic mass is 35.5. The molecular weight excluding hydrogens is 365 g/mol. The van der Waals surface area contributed by atoms with Crippen LogP contribution in [0.15, 0.2) is 29.3 Å². The summed E-state index contributed by atoms with van der Waals surface area (Å²) < 4.78 is 15.0. The van der Waals surface area contributed by atoms with Crippen LogP contribution in [0, 0.1) is 5.82 Å². The number of nitrogens with zero attached hydrogens (tertiary/aromatic N) is 2. The molecule has 25 heavy (non-hydrogen) atoms. The summed E-state index contributed by atoms with van der Waals surface area (Å²) in [4.78, 5) is 31.1. The van der Waals surface area contributed by atoms with Crippen LogP contribution in [0.25, 0.3) is 10.2 Å². The van der Waals surface area contributed by atoms with Crippen molar-refractivity contribution in [2.45, 2.75) is 25.8 Å². The number of nitrogens with one attached hydrogen (secondary N) is 1. The first kappa shape index (κ1) is 16.2. The van der Waals surface area contributed by atoms with Crippen molar-refractivity contribution < 1.29 is 9.18 Å². The van der Waals surface area contributed by atoms with E-state index in [9.17, 15) is 14.0 Å². The molecular formula is C17H13ClFN3O2S. The van der Waals surface area contributed by atoms with Crippen LogP contribution in [-0.4, -0.2) is 15.5 Å². The highest BCUT2D eigenvalue weighted by molar-refractivity contribution is 7.18. The van der Waals surface area contributed by atoms with Gasteiger partial charge in [0.15, 0.2) is 0 Å². The predicted molar refractivity (Wildman–Crippen MR) is 95.9 cm³/mol. The van der Waals surface area contributed by atoms with Crippen LogP contribution in [0.5, 0.6) is 0 Å². The Morgan fingerprint density at radius 3 is 3.08 bits per heavy atom. The van der Waals surface area contributed by atoms with E-state index in [1.165, 1.54) is 34.0 Å². The molecule has 0 atom stereocenters. The summed E-state index contributed by atoms with van der Waals surface area (Å²) in [5.41, 5.74) is 0.815. The Kier molecular flexibility index (Phi) is 4.05. The van der Waals surface area contributed by atoms with Gasteiger partial charge in [-0.1, -0.05) is 11.6 Å². The molecule has 2 heterocycles. The molecule has 5 nitrogen and oxygen atoms in total. The van der Waals surface area contributed by atoms with Gasteiger partial charge in [-0.3, -0.25) is 14.2 Å². The maximum atomic E-state index is 13.7. The molecule has 0 saturated carbocycles. The molecule has 0 radical (unpaired) electrons. The molecule has 128 valence electrons. The number of amides is 1. The first-order valence-electron chi connectivity index (χ1n) is 7.77. The first-order chi connectivity index (χ1) is 12.0.